The van der Waals surface area contributed by atoms with Crippen molar-refractivity contribution in [3.63, 3.8) is 0 Å². The van der Waals surface area contributed by atoms with Crippen LogP contribution in [0.5, 0.6) is 0 Å². The number of hydrogen-bond donors (Lipinski definition) is 0. The molecule has 1 amide bonds. The van der Waals surface area contributed by atoms with Crippen LogP contribution in [0, 0.1) is 17.6 Å². The summed E-state index contributed by atoms with van der Waals surface area (Å²) in [5, 5.41) is 4.29. The van der Waals surface area contributed by atoms with E-state index in [0.717, 1.165) is 12.1 Å². The largest absolute Gasteiger partial charge is 0.459 e. The minimum absolute atomic E-state index is 0.0340. The van der Waals surface area contributed by atoms with Gasteiger partial charge in [0.2, 0.25) is 5.91 Å². The van der Waals surface area contributed by atoms with Gasteiger partial charge in [-0.15, -0.1) is 0 Å². The van der Waals surface area contributed by atoms with Gasteiger partial charge in [-0.1, -0.05) is 16.8 Å². The number of aromatic nitrogens is 1. The quantitative estimate of drug-likeness (QED) is 0.560. The normalized spacial score (nSPS) is 16.2. The van der Waals surface area contributed by atoms with E-state index < -0.39 is 23.5 Å². The van der Waals surface area contributed by atoms with E-state index in [4.69, 9.17) is 20.9 Å². The van der Waals surface area contributed by atoms with Gasteiger partial charge in [-0.25, -0.2) is 8.78 Å². The average Bonchev–Trinajstić information content (AvgIpc) is 3.34. The zero-order valence-corrected chi connectivity index (χ0v) is 16.2. The van der Waals surface area contributed by atoms with E-state index in [0.29, 0.717) is 10.7 Å². The maximum Gasteiger partial charge on any atom is 0.311 e. The first-order chi connectivity index (χ1) is 14.4. The van der Waals surface area contributed by atoms with E-state index in [-0.39, 0.29) is 42.5 Å². The molecular formula is C21H15ClF2N2O4. The summed E-state index contributed by atoms with van der Waals surface area (Å²) in [4.78, 5) is 26.1. The molecular weight excluding hydrogens is 418 g/mol. The Morgan fingerprint density at radius 1 is 1.20 bits per heavy atom. The summed E-state index contributed by atoms with van der Waals surface area (Å²) in [5.41, 5.74) is 0.963. The molecule has 154 valence electrons. The predicted molar refractivity (Wildman–Crippen MR) is 104 cm³/mol. The molecule has 6 nitrogen and oxygen atoms in total. The lowest BCUT2D eigenvalue weighted by molar-refractivity contribution is -0.149. The van der Waals surface area contributed by atoms with Crippen molar-refractivity contribution < 1.29 is 27.6 Å². The smallest absolute Gasteiger partial charge is 0.311 e. The van der Waals surface area contributed by atoms with Gasteiger partial charge in [-0.05, 0) is 36.4 Å². The summed E-state index contributed by atoms with van der Waals surface area (Å²) in [6.07, 6.45) is 0.0340. The van der Waals surface area contributed by atoms with Crippen LogP contribution in [-0.4, -0.2) is 23.6 Å². The summed E-state index contributed by atoms with van der Waals surface area (Å²) in [5.74, 6) is -2.75. The van der Waals surface area contributed by atoms with E-state index >= 15 is 0 Å². The Kier molecular flexibility index (Phi) is 5.50. The number of carbonyl (C=O) groups excluding carboxylic acids is 2. The van der Waals surface area contributed by atoms with E-state index in [2.05, 4.69) is 5.16 Å². The highest BCUT2D eigenvalue weighted by molar-refractivity contribution is 6.30. The second kappa shape index (κ2) is 8.23. The summed E-state index contributed by atoms with van der Waals surface area (Å²) in [6, 6.07) is 11.2. The Bertz CT molecular complexity index is 1100. The molecule has 0 N–H and O–H groups in total. The molecule has 2 aromatic carbocycles. The molecule has 2 heterocycles. The molecule has 0 radical (unpaired) electrons. The minimum Gasteiger partial charge on any atom is -0.459 e. The van der Waals surface area contributed by atoms with Crippen LogP contribution in [0.15, 0.2) is 53.1 Å². The second-order valence-electron chi connectivity index (χ2n) is 6.80. The number of carbonyl (C=O) groups is 2. The van der Waals surface area contributed by atoms with Crippen molar-refractivity contribution in [2.45, 2.75) is 13.0 Å². The van der Waals surface area contributed by atoms with E-state index in [1.807, 2.05) is 0 Å². The van der Waals surface area contributed by atoms with Gasteiger partial charge >= 0.3 is 5.97 Å². The predicted octanol–water partition coefficient (Wildman–Crippen LogP) is 4.37. The van der Waals surface area contributed by atoms with E-state index in [1.54, 1.807) is 24.3 Å². The highest BCUT2D eigenvalue weighted by Crippen LogP contribution is 2.28. The first-order valence-electron chi connectivity index (χ1n) is 9.04. The molecule has 0 spiro atoms. The summed E-state index contributed by atoms with van der Waals surface area (Å²) >= 11 is 5.86. The first kappa shape index (κ1) is 20.0. The fourth-order valence-corrected chi connectivity index (χ4v) is 3.32. The Morgan fingerprint density at radius 3 is 2.70 bits per heavy atom. The van der Waals surface area contributed by atoms with Crippen LogP contribution in [0.25, 0.3) is 11.3 Å². The average molecular weight is 433 g/mol. The third kappa shape index (κ3) is 4.18. The maximum absolute atomic E-state index is 13.8. The van der Waals surface area contributed by atoms with Crippen molar-refractivity contribution in [3.8, 4) is 11.3 Å². The molecule has 1 aliphatic rings. The van der Waals surface area contributed by atoms with Gasteiger partial charge in [0.1, 0.15) is 23.9 Å². The van der Waals surface area contributed by atoms with Crippen LogP contribution in [0.4, 0.5) is 14.5 Å². The van der Waals surface area contributed by atoms with Gasteiger partial charge in [0.25, 0.3) is 0 Å². The number of esters is 1. The van der Waals surface area contributed by atoms with Crippen LogP contribution in [0.3, 0.4) is 0 Å². The lowest BCUT2D eigenvalue weighted by atomic mass is 10.1. The van der Waals surface area contributed by atoms with Crippen molar-refractivity contribution in [1.82, 2.24) is 5.16 Å². The van der Waals surface area contributed by atoms with Crippen molar-refractivity contribution in [2.24, 2.45) is 5.92 Å². The number of rotatable bonds is 5. The van der Waals surface area contributed by atoms with Gasteiger partial charge in [-0.3, -0.25) is 9.59 Å². The Hall–Kier alpha value is -3.26. The number of benzene rings is 2. The summed E-state index contributed by atoms with van der Waals surface area (Å²) in [7, 11) is 0. The number of nitrogens with zero attached hydrogens (tertiary/aromatic N) is 2. The lowest BCUT2D eigenvalue weighted by Crippen LogP contribution is -2.26. The molecule has 1 fully saturated rings. The summed E-state index contributed by atoms with van der Waals surface area (Å²) < 4.78 is 37.2. The maximum atomic E-state index is 13.8. The van der Waals surface area contributed by atoms with Crippen LogP contribution in [-0.2, 0) is 20.9 Å². The van der Waals surface area contributed by atoms with Gasteiger partial charge in [0, 0.05) is 35.8 Å². The molecule has 3 aromatic rings. The molecule has 1 saturated heterocycles. The third-order valence-electron chi connectivity index (χ3n) is 4.71. The topological polar surface area (TPSA) is 72.6 Å². The molecule has 0 saturated carbocycles. The first-order valence-corrected chi connectivity index (χ1v) is 9.42. The van der Waals surface area contributed by atoms with Crippen LogP contribution < -0.4 is 4.90 Å². The van der Waals surface area contributed by atoms with E-state index in [1.165, 1.54) is 17.0 Å². The fraction of sp³-hybridized carbons (Fsp3) is 0.190. The number of amides is 1. The van der Waals surface area contributed by atoms with Crippen LogP contribution >= 0.6 is 11.6 Å². The number of ether oxygens (including phenoxy) is 1. The molecule has 9 heteroatoms. The monoisotopic (exact) mass is 432 g/mol. The molecule has 1 aliphatic heterocycles. The molecule has 1 aromatic heterocycles. The van der Waals surface area contributed by atoms with Crippen molar-refractivity contribution in [2.75, 3.05) is 11.4 Å². The highest BCUT2D eigenvalue weighted by Gasteiger charge is 2.36. The van der Waals surface area contributed by atoms with Crippen molar-refractivity contribution >= 4 is 29.2 Å². The van der Waals surface area contributed by atoms with Gasteiger partial charge < -0.3 is 14.2 Å². The van der Waals surface area contributed by atoms with Crippen LogP contribution in [0.1, 0.15) is 12.1 Å². The van der Waals surface area contributed by atoms with Gasteiger partial charge in [0.15, 0.2) is 5.76 Å². The van der Waals surface area contributed by atoms with Crippen molar-refractivity contribution in [1.29, 1.82) is 0 Å². The Labute approximate surface area is 175 Å². The lowest BCUT2D eigenvalue weighted by Gasteiger charge is -2.16. The number of halogens is 3. The second-order valence-corrected chi connectivity index (χ2v) is 7.23. The minimum atomic E-state index is -0.790. The zero-order chi connectivity index (χ0) is 21.3. The standard InChI is InChI=1S/C21H15ClF2N2O4/c22-13-1-4-16(5-2-13)26-10-12(7-20(26)27)21(28)29-11-15-9-19(30-25-15)17-6-3-14(23)8-18(17)24/h1-6,8-9,12H,7,10-11H2. The van der Waals surface area contributed by atoms with Crippen LogP contribution in [0.2, 0.25) is 5.02 Å². The summed E-state index contributed by atoms with van der Waals surface area (Å²) in [6.45, 7) is 0.000930. The van der Waals surface area contributed by atoms with Gasteiger partial charge in [-0.2, -0.15) is 0 Å². The number of anilines is 1. The Balaban J connectivity index is 1.37. The molecule has 1 atom stereocenters. The molecule has 1 unspecified atom stereocenters. The SMILES string of the molecule is O=C(OCc1cc(-c2ccc(F)cc2F)on1)C1CC(=O)N(c2ccc(Cl)cc2)C1. The van der Waals surface area contributed by atoms with Gasteiger partial charge in [0.05, 0.1) is 11.5 Å². The van der Waals surface area contributed by atoms with Crippen molar-refractivity contribution in [3.05, 3.63) is 70.9 Å². The fourth-order valence-electron chi connectivity index (χ4n) is 3.20. The molecule has 0 bridgehead atoms. The zero-order valence-electron chi connectivity index (χ0n) is 15.5. The number of hydrogen-bond acceptors (Lipinski definition) is 5. The third-order valence-corrected chi connectivity index (χ3v) is 4.97. The molecule has 4 rings (SSSR count). The highest BCUT2D eigenvalue weighted by atomic mass is 35.5. The Morgan fingerprint density at radius 2 is 1.97 bits per heavy atom. The molecule has 0 aliphatic carbocycles. The molecule has 30 heavy (non-hydrogen) atoms. The van der Waals surface area contributed by atoms with E-state index in [9.17, 15) is 18.4 Å².